The molecule has 2 atom stereocenters. The van der Waals surface area contributed by atoms with E-state index in [1.807, 2.05) is 30.3 Å². The van der Waals surface area contributed by atoms with Gasteiger partial charge >= 0.3 is 0 Å². The van der Waals surface area contributed by atoms with Gasteiger partial charge in [-0.25, -0.2) is 4.98 Å². The summed E-state index contributed by atoms with van der Waals surface area (Å²) in [6.45, 7) is 0. The van der Waals surface area contributed by atoms with Gasteiger partial charge in [0, 0.05) is 40.7 Å². The first-order valence-corrected chi connectivity index (χ1v) is 14.9. The second-order valence-corrected chi connectivity index (χ2v) is 11.8. The van der Waals surface area contributed by atoms with E-state index in [9.17, 15) is 0 Å². The van der Waals surface area contributed by atoms with Gasteiger partial charge in [-0.15, -0.1) is 0 Å². The Morgan fingerprint density at radius 1 is 0.698 bits per heavy atom. The molecule has 1 fully saturated rings. The molecule has 1 saturated carbocycles. The number of anilines is 4. The normalized spacial score (nSPS) is 19.3. The molecule has 1 aliphatic heterocycles. The number of allylic oxidation sites excluding steroid dienone is 2. The van der Waals surface area contributed by atoms with Crippen molar-refractivity contribution >= 4 is 33.8 Å². The van der Waals surface area contributed by atoms with Gasteiger partial charge in [0.05, 0.1) is 5.54 Å². The van der Waals surface area contributed by atoms with E-state index in [1.165, 1.54) is 33.6 Å². The van der Waals surface area contributed by atoms with E-state index >= 15 is 0 Å². The third kappa shape index (κ3) is 4.02. The Labute approximate surface area is 250 Å². The molecule has 0 saturated heterocycles. The summed E-state index contributed by atoms with van der Waals surface area (Å²) >= 11 is 0. The lowest BCUT2D eigenvalue weighted by atomic mass is 9.93. The summed E-state index contributed by atoms with van der Waals surface area (Å²) in [5.41, 5.74) is 12.3. The molecule has 206 valence electrons. The van der Waals surface area contributed by atoms with Gasteiger partial charge in [0.25, 0.3) is 0 Å². The second kappa shape index (κ2) is 9.33. The molecule has 1 aromatic heterocycles. The molecule has 0 bridgehead atoms. The Kier molecular flexibility index (Phi) is 5.27. The van der Waals surface area contributed by atoms with E-state index in [-0.39, 0.29) is 5.54 Å². The van der Waals surface area contributed by atoms with Crippen molar-refractivity contribution in [3.63, 3.8) is 0 Å². The SMILES string of the molecule is C1=CC2CC2(N(c2ccccc2)c2ccc(-c3ccc4c(c3)Cc3cc5oc(-c6ccccc6)nc5cc3N4)cc2)C=C1. The van der Waals surface area contributed by atoms with Crippen molar-refractivity contribution in [2.24, 2.45) is 5.92 Å². The molecule has 43 heavy (non-hydrogen) atoms. The van der Waals surface area contributed by atoms with Crippen molar-refractivity contribution in [3.8, 4) is 22.6 Å². The monoisotopic (exact) mass is 555 g/mol. The molecular formula is C39H29N3O. The number of nitrogens with one attached hydrogen (secondary N) is 1. The molecule has 2 aliphatic carbocycles. The Bertz CT molecular complexity index is 2060. The summed E-state index contributed by atoms with van der Waals surface area (Å²) in [5, 5.41) is 3.65. The van der Waals surface area contributed by atoms with Crippen LogP contribution in [-0.4, -0.2) is 10.5 Å². The van der Waals surface area contributed by atoms with E-state index < -0.39 is 0 Å². The van der Waals surface area contributed by atoms with Gasteiger partial charge in [0.15, 0.2) is 5.58 Å². The minimum Gasteiger partial charge on any atom is -0.436 e. The minimum absolute atomic E-state index is 0.0271. The van der Waals surface area contributed by atoms with Crippen LogP contribution in [0.25, 0.3) is 33.7 Å². The zero-order valence-electron chi connectivity index (χ0n) is 23.6. The van der Waals surface area contributed by atoms with Gasteiger partial charge in [-0.1, -0.05) is 78.9 Å². The quantitative estimate of drug-likeness (QED) is 0.229. The van der Waals surface area contributed by atoms with E-state index in [0.29, 0.717) is 11.8 Å². The van der Waals surface area contributed by atoms with Crippen molar-refractivity contribution in [1.29, 1.82) is 0 Å². The summed E-state index contributed by atoms with van der Waals surface area (Å²) in [7, 11) is 0. The average Bonchev–Trinajstić information content (AvgIpc) is 3.66. The van der Waals surface area contributed by atoms with Crippen LogP contribution in [0, 0.1) is 5.92 Å². The highest BCUT2D eigenvalue weighted by molar-refractivity contribution is 5.86. The molecule has 1 N–H and O–H groups in total. The van der Waals surface area contributed by atoms with Crippen LogP contribution in [0.2, 0.25) is 0 Å². The Morgan fingerprint density at radius 3 is 2.26 bits per heavy atom. The summed E-state index contributed by atoms with van der Waals surface area (Å²) in [4.78, 5) is 7.28. The molecule has 6 aromatic rings. The Hall–Kier alpha value is -5.35. The third-order valence-electron chi connectivity index (χ3n) is 9.15. The molecule has 0 amide bonds. The van der Waals surface area contributed by atoms with Gasteiger partial charge < -0.3 is 14.6 Å². The van der Waals surface area contributed by atoms with Crippen LogP contribution in [0.15, 0.2) is 144 Å². The number of benzene rings is 5. The van der Waals surface area contributed by atoms with Crippen molar-refractivity contribution in [1.82, 2.24) is 4.98 Å². The maximum Gasteiger partial charge on any atom is 0.227 e. The number of hydrogen-bond donors (Lipinski definition) is 1. The van der Waals surface area contributed by atoms with Crippen LogP contribution in [0.5, 0.6) is 0 Å². The Morgan fingerprint density at radius 2 is 1.44 bits per heavy atom. The number of aromatic nitrogens is 1. The van der Waals surface area contributed by atoms with Crippen LogP contribution < -0.4 is 10.2 Å². The molecule has 4 nitrogen and oxygen atoms in total. The first-order valence-electron chi connectivity index (χ1n) is 14.9. The van der Waals surface area contributed by atoms with Crippen molar-refractivity contribution in [3.05, 3.63) is 151 Å². The van der Waals surface area contributed by atoms with Crippen LogP contribution in [0.4, 0.5) is 22.7 Å². The van der Waals surface area contributed by atoms with Gasteiger partial charge in [-0.05, 0) is 89.3 Å². The fourth-order valence-electron chi connectivity index (χ4n) is 6.86. The van der Waals surface area contributed by atoms with Crippen LogP contribution >= 0.6 is 0 Å². The fourth-order valence-corrected chi connectivity index (χ4v) is 6.86. The standard InChI is InChI=1S/C39H29N3O/c1-3-9-27(10-4-1)38-41-36-24-35-30(23-37(36)43-38)22-29-21-28(16-19-34(29)40-35)26-14-17-33(18-15-26)42(32-12-5-2-6-13-32)39-20-8-7-11-31(39)25-39/h1-21,23-24,31,40H,22,25H2. The Balaban J connectivity index is 1.02. The zero-order chi connectivity index (χ0) is 28.4. The largest absolute Gasteiger partial charge is 0.436 e. The van der Waals surface area contributed by atoms with Crippen molar-refractivity contribution in [2.45, 2.75) is 18.4 Å². The van der Waals surface area contributed by atoms with Crippen LogP contribution in [0.1, 0.15) is 17.5 Å². The minimum atomic E-state index is 0.0271. The van der Waals surface area contributed by atoms with E-state index in [2.05, 4.69) is 119 Å². The lowest BCUT2D eigenvalue weighted by Crippen LogP contribution is -2.34. The number of fused-ring (bicyclic) bond motifs is 4. The molecule has 0 spiro atoms. The summed E-state index contributed by atoms with van der Waals surface area (Å²) < 4.78 is 6.17. The number of rotatable bonds is 5. The lowest BCUT2D eigenvalue weighted by Gasteiger charge is -2.34. The molecule has 5 aromatic carbocycles. The van der Waals surface area contributed by atoms with Gasteiger partial charge in [0.1, 0.15) is 5.52 Å². The number of nitrogens with zero attached hydrogens (tertiary/aromatic N) is 2. The molecule has 2 unspecified atom stereocenters. The first-order chi connectivity index (χ1) is 21.2. The summed E-state index contributed by atoms with van der Waals surface area (Å²) in [6.07, 6.45) is 11.1. The highest BCUT2D eigenvalue weighted by atomic mass is 16.3. The van der Waals surface area contributed by atoms with Crippen LogP contribution in [0.3, 0.4) is 0 Å². The summed E-state index contributed by atoms with van der Waals surface area (Å²) in [5.74, 6) is 1.20. The van der Waals surface area contributed by atoms with Gasteiger partial charge in [-0.3, -0.25) is 0 Å². The number of para-hydroxylation sites is 1. The predicted molar refractivity (Wildman–Crippen MR) is 175 cm³/mol. The van der Waals surface area contributed by atoms with Gasteiger partial charge in [-0.2, -0.15) is 0 Å². The maximum absolute atomic E-state index is 6.17. The average molecular weight is 556 g/mol. The van der Waals surface area contributed by atoms with Crippen molar-refractivity contribution in [2.75, 3.05) is 10.2 Å². The van der Waals surface area contributed by atoms with E-state index in [4.69, 9.17) is 9.40 Å². The summed E-state index contributed by atoms with van der Waals surface area (Å²) in [6, 6.07) is 40.9. The second-order valence-electron chi connectivity index (χ2n) is 11.8. The zero-order valence-corrected chi connectivity index (χ0v) is 23.6. The molecule has 4 heteroatoms. The van der Waals surface area contributed by atoms with Gasteiger partial charge in [0.2, 0.25) is 5.89 Å². The topological polar surface area (TPSA) is 41.3 Å². The molecule has 0 radical (unpaired) electrons. The van der Waals surface area contributed by atoms with E-state index in [0.717, 1.165) is 40.9 Å². The highest BCUT2D eigenvalue weighted by Gasteiger charge is 2.56. The molecule has 9 rings (SSSR count). The third-order valence-corrected chi connectivity index (χ3v) is 9.15. The lowest BCUT2D eigenvalue weighted by molar-refractivity contribution is 0.619. The molecule has 3 aliphatic rings. The molecule has 2 heterocycles. The molecular weight excluding hydrogens is 526 g/mol. The number of oxazole rings is 1. The smallest absolute Gasteiger partial charge is 0.227 e. The maximum atomic E-state index is 6.17. The van der Waals surface area contributed by atoms with Crippen LogP contribution in [-0.2, 0) is 6.42 Å². The number of hydrogen-bond acceptors (Lipinski definition) is 4. The van der Waals surface area contributed by atoms with Crippen molar-refractivity contribution < 1.29 is 4.42 Å². The fraction of sp³-hybridized carbons (Fsp3) is 0.103. The predicted octanol–water partition coefficient (Wildman–Crippen LogP) is 9.83. The first kappa shape index (κ1) is 24.3. The van der Waals surface area contributed by atoms with E-state index in [1.54, 1.807) is 0 Å². The highest BCUT2D eigenvalue weighted by Crippen LogP contribution is 2.56.